The molecular weight excluding hydrogens is 480 g/mol. The molecule has 0 spiro atoms. The van der Waals surface area contributed by atoms with E-state index in [2.05, 4.69) is 9.97 Å². The second kappa shape index (κ2) is 12.3. The van der Waals surface area contributed by atoms with Gasteiger partial charge in [-0.2, -0.15) is 4.98 Å². The summed E-state index contributed by atoms with van der Waals surface area (Å²) < 4.78 is 22.2. The van der Waals surface area contributed by atoms with Gasteiger partial charge in [-0.3, -0.25) is 0 Å². The molecule has 1 aromatic heterocycles. The summed E-state index contributed by atoms with van der Waals surface area (Å²) in [7, 11) is 2.96. The minimum atomic E-state index is -0.756. The van der Waals surface area contributed by atoms with Crippen LogP contribution in [0.2, 0.25) is 5.02 Å². The fourth-order valence-corrected chi connectivity index (χ4v) is 3.91. The first-order valence-electron chi connectivity index (χ1n) is 11.6. The van der Waals surface area contributed by atoms with Crippen LogP contribution in [0.3, 0.4) is 0 Å². The van der Waals surface area contributed by atoms with Crippen LogP contribution >= 0.6 is 11.6 Å². The van der Waals surface area contributed by atoms with E-state index in [4.69, 9.17) is 30.5 Å². The fraction of sp³-hybridized carbons (Fsp3) is 0.250. The number of fused-ring (bicyclic) bond motifs is 1. The highest BCUT2D eigenvalue weighted by molar-refractivity contribution is 6.33. The Morgan fingerprint density at radius 1 is 0.917 bits per heavy atom. The monoisotopic (exact) mass is 506 g/mol. The largest absolute Gasteiger partial charge is 0.497 e. The summed E-state index contributed by atoms with van der Waals surface area (Å²) in [5.41, 5.74) is 2.21. The first kappa shape index (κ1) is 25.4. The van der Waals surface area contributed by atoms with Crippen molar-refractivity contribution in [3.05, 3.63) is 83.4 Å². The van der Waals surface area contributed by atoms with Gasteiger partial charge in [-0.05, 0) is 48.7 Å². The molecule has 0 amide bonds. The van der Waals surface area contributed by atoms with Gasteiger partial charge in [0.25, 0.3) is 0 Å². The van der Waals surface area contributed by atoms with Crippen LogP contribution < -0.4 is 9.47 Å². The Hall–Kier alpha value is -3.68. The van der Waals surface area contributed by atoms with Crippen LogP contribution in [0, 0.1) is 0 Å². The summed E-state index contributed by atoms with van der Waals surface area (Å²) in [6.07, 6.45) is 0.623. The molecular formula is C28H27ClN2O5. The van der Waals surface area contributed by atoms with Crippen LogP contribution in [0.5, 0.6) is 11.6 Å². The van der Waals surface area contributed by atoms with Gasteiger partial charge in [0.2, 0.25) is 5.88 Å². The Bertz CT molecular complexity index is 1320. The maximum atomic E-state index is 12.2. The fourth-order valence-electron chi connectivity index (χ4n) is 3.69. The van der Waals surface area contributed by atoms with Crippen LogP contribution in [-0.4, -0.2) is 43.4 Å². The van der Waals surface area contributed by atoms with Gasteiger partial charge in [-0.25, -0.2) is 9.78 Å². The average Bonchev–Trinajstić information content (AvgIpc) is 2.92. The molecule has 0 saturated carbocycles. The Morgan fingerprint density at radius 2 is 1.67 bits per heavy atom. The van der Waals surface area contributed by atoms with E-state index in [-0.39, 0.29) is 0 Å². The van der Waals surface area contributed by atoms with Crippen molar-refractivity contribution < 1.29 is 23.7 Å². The summed E-state index contributed by atoms with van der Waals surface area (Å²) >= 11 is 6.39. The van der Waals surface area contributed by atoms with Crippen molar-refractivity contribution in [2.45, 2.75) is 18.9 Å². The number of hydrogen-bond acceptors (Lipinski definition) is 7. The topological polar surface area (TPSA) is 79.8 Å². The van der Waals surface area contributed by atoms with Gasteiger partial charge in [0.1, 0.15) is 5.75 Å². The zero-order valence-electron chi connectivity index (χ0n) is 20.1. The van der Waals surface area contributed by atoms with E-state index < -0.39 is 12.1 Å². The number of ether oxygens (including phenoxy) is 4. The smallest absolute Gasteiger partial charge is 0.339 e. The number of nitrogens with zero attached hydrogens (tertiary/aromatic N) is 2. The molecule has 0 aliphatic heterocycles. The van der Waals surface area contributed by atoms with E-state index in [0.717, 1.165) is 22.0 Å². The van der Waals surface area contributed by atoms with E-state index in [9.17, 15) is 4.79 Å². The lowest BCUT2D eigenvalue weighted by Gasteiger charge is -2.16. The lowest BCUT2D eigenvalue weighted by molar-refractivity contribution is -0.154. The van der Waals surface area contributed by atoms with E-state index >= 15 is 0 Å². The van der Waals surface area contributed by atoms with Crippen molar-refractivity contribution in [3.63, 3.8) is 0 Å². The zero-order valence-corrected chi connectivity index (χ0v) is 20.9. The van der Waals surface area contributed by atoms with Crippen LogP contribution in [0.1, 0.15) is 24.5 Å². The standard InChI is InChI=1S/C28H27ClN2O5/c1-33-20-14-15-24-22(18-20)27(31-26(30-24)21-12-6-7-13-23(21)29)36-17-9-8-16-35-25(28(32)34-2)19-10-4-3-5-11-19/h3-7,10-15,18,25H,8-9,16-17H2,1-2H3. The number of esters is 1. The van der Waals surface area contributed by atoms with Crippen LogP contribution in [0.15, 0.2) is 72.8 Å². The maximum absolute atomic E-state index is 12.2. The van der Waals surface area contributed by atoms with Crippen LogP contribution in [0.25, 0.3) is 22.3 Å². The Balaban J connectivity index is 1.43. The molecule has 0 aliphatic carbocycles. The highest BCUT2D eigenvalue weighted by Gasteiger charge is 2.21. The van der Waals surface area contributed by atoms with Gasteiger partial charge in [0, 0.05) is 12.2 Å². The van der Waals surface area contributed by atoms with Crippen molar-refractivity contribution >= 4 is 28.5 Å². The third kappa shape index (κ3) is 6.11. The van der Waals surface area contributed by atoms with Crippen molar-refractivity contribution in [1.29, 1.82) is 0 Å². The van der Waals surface area contributed by atoms with Crippen LogP contribution in [0.4, 0.5) is 0 Å². The van der Waals surface area contributed by atoms with Gasteiger partial charge in [0.15, 0.2) is 11.9 Å². The molecule has 1 unspecified atom stereocenters. The minimum absolute atomic E-state index is 0.376. The van der Waals surface area contributed by atoms with E-state index in [0.29, 0.717) is 48.5 Å². The second-order valence-corrected chi connectivity index (χ2v) is 8.36. The predicted octanol–water partition coefficient (Wildman–Crippen LogP) is 6.05. The molecule has 7 nitrogen and oxygen atoms in total. The van der Waals surface area contributed by atoms with Crippen molar-refractivity contribution in [1.82, 2.24) is 9.97 Å². The van der Waals surface area contributed by atoms with Gasteiger partial charge < -0.3 is 18.9 Å². The number of hydrogen-bond donors (Lipinski definition) is 0. The Morgan fingerprint density at radius 3 is 2.42 bits per heavy atom. The third-order valence-electron chi connectivity index (χ3n) is 5.56. The summed E-state index contributed by atoms with van der Waals surface area (Å²) in [5, 5.41) is 1.31. The average molecular weight is 507 g/mol. The first-order valence-corrected chi connectivity index (χ1v) is 12.0. The van der Waals surface area contributed by atoms with Crippen molar-refractivity contribution in [2.24, 2.45) is 0 Å². The number of benzene rings is 3. The van der Waals surface area contributed by atoms with Crippen molar-refractivity contribution in [2.75, 3.05) is 27.4 Å². The molecule has 0 N–H and O–H groups in total. The van der Waals surface area contributed by atoms with Gasteiger partial charge in [0.05, 0.1) is 36.8 Å². The predicted molar refractivity (Wildman–Crippen MR) is 138 cm³/mol. The van der Waals surface area contributed by atoms with Gasteiger partial charge in [-0.15, -0.1) is 0 Å². The summed E-state index contributed by atoms with van der Waals surface area (Å²) in [6.45, 7) is 0.782. The number of methoxy groups -OCH3 is 2. The quantitative estimate of drug-likeness (QED) is 0.181. The molecule has 0 fully saturated rings. The van der Waals surface area contributed by atoms with Gasteiger partial charge >= 0.3 is 5.97 Å². The number of rotatable bonds is 11. The molecule has 8 heteroatoms. The minimum Gasteiger partial charge on any atom is -0.497 e. The van der Waals surface area contributed by atoms with Gasteiger partial charge in [-0.1, -0.05) is 54.1 Å². The van der Waals surface area contributed by atoms with E-state index in [1.807, 2.05) is 66.7 Å². The molecule has 0 saturated heterocycles. The van der Waals surface area contributed by atoms with E-state index in [1.54, 1.807) is 13.2 Å². The Kier molecular flexibility index (Phi) is 8.71. The lowest BCUT2D eigenvalue weighted by atomic mass is 10.1. The molecule has 0 radical (unpaired) electrons. The zero-order chi connectivity index (χ0) is 25.3. The summed E-state index contributed by atoms with van der Waals surface area (Å²) in [5.74, 6) is 1.20. The highest BCUT2D eigenvalue weighted by Crippen LogP contribution is 2.32. The van der Waals surface area contributed by atoms with Crippen molar-refractivity contribution in [3.8, 4) is 23.0 Å². The summed E-state index contributed by atoms with van der Waals surface area (Å²) in [4.78, 5) is 21.5. The molecule has 0 bridgehead atoms. The normalized spacial score (nSPS) is 11.8. The highest BCUT2D eigenvalue weighted by atomic mass is 35.5. The number of unbranched alkanes of at least 4 members (excludes halogenated alkanes) is 1. The molecule has 1 heterocycles. The lowest BCUT2D eigenvalue weighted by Crippen LogP contribution is -2.18. The molecule has 1 atom stereocenters. The number of aromatic nitrogens is 2. The molecule has 186 valence electrons. The number of carbonyl (C=O) groups excluding carboxylic acids is 1. The molecule has 4 rings (SSSR count). The molecule has 0 aliphatic rings. The van der Waals surface area contributed by atoms with Crippen LogP contribution in [-0.2, 0) is 14.3 Å². The molecule has 3 aromatic carbocycles. The SMILES string of the molecule is COC(=O)C(OCCCCOc1nc(-c2ccccc2Cl)nc2ccc(OC)cc12)c1ccccc1. The number of halogens is 1. The summed E-state index contributed by atoms with van der Waals surface area (Å²) in [6, 6.07) is 22.3. The third-order valence-corrected chi connectivity index (χ3v) is 5.89. The van der Waals surface area contributed by atoms with E-state index in [1.165, 1.54) is 7.11 Å². The second-order valence-electron chi connectivity index (χ2n) is 7.96. The molecule has 36 heavy (non-hydrogen) atoms. The maximum Gasteiger partial charge on any atom is 0.339 e. The number of carbonyl (C=O) groups is 1. The molecule has 4 aromatic rings. The first-order chi connectivity index (χ1) is 17.6. The Labute approximate surface area is 215 Å².